The Hall–Kier alpha value is -1.86. The van der Waals surface area contributed by atoms with E-state index in [1.807, 2.05) is 0 Å². The molecule has 0 spiro atoms. The number of hydrogen-bond acceptors (Lipinski definition) is 5. The number of amides is 1. The zero-order chi connectivity index (χ0) is 15.1. The summed E-state index contributed by atoms with van der Waals surface area (Å²) in [7, 11) is 1.57. The Balaban J connectivity index is 2.46. The normalized spacial score (nSPS) is 12.2. The van der Waals surface area contributed by atoms with Crippen molar-refractivity contribution in [3.8, 4) is 0 Å². The van der Waals surface area contributed by atoms with Crippen molar-refractivity contribution in [3.05, 3.63) is 23.2 Å². The van der Waals surface area contributed by atoms with Crippen molar-refractivity contribution in [1.29, 1.82) is 0 Å². The minimum Gasteiger partial charge on any atom is -0.475 e. The van der Waals surface area contributed by atoms with Crippen LogP contribution in [-0.2, 0) is 16.1 Å². The van der Waals surface area contributed by atoms with Gasteiger partial charge in [-0.25, -0.2) is 4.79 Å². The van der Waals surface area contributed by atoms with E-state index in [0.717, 1.165) is 5.56 Å². The third-order valence-electron chi connectivity index (χ3n) is 2.83. The molecule has 0 aliphatic carbocycles. The average molecular weight is 284 g/mol. The third-order valence-corrected chi connectivity index (χ3v) is 2.83. The highest BCUT2D eigenvalue weighted by molar-refractivity contribution is 5.84. The van der Waals surface area contributed by atoms with Gasteiger partial charge in [-0.3, -0.25) is 4.79 Å². The molecule has 1 atom stereocenters. The number of carbonyl (C=O) groups is 2. The van der Waals surface area contributed by atoms with E-state index in [4.69, 9.17) is 14.3 Å². The Labute approximate surface area is 117 Å². The summed E-state index contributed by atoms with van der Waals surface area (Å²) in [5, 5.41) is 14.5. The molecule has 0 aromatic carbocycles. The molecule has 0 aliphatic rings. The van der Waals surface area contributed by atoms with E-state index in [0.29, 0.717) is 25.5 Å². The highest BCUT2D eigenvalue weighted by Crippen LogP contribution is 2.14. The van der Waals surface area contributed by atoms with Crippen LogP contribution in [0.15, 0.2) is 10.5 Å². The highest BCUT2D eigenvalue weighted by atomic mass is 16.5. The number of nitrogens with one attached hydrogen (secondary N) is 2. The summed E-state index contributed by atoms with van der Waals surface area (Å²) in [6.07, 6.45) is 0. The smallest absolute Gasteiger partial charge is 0.371 e. The number of methoxy groups -OCH3 is 1. The van der Waals surface area contributed by atoms with Gasteiger partial charge in [-0.1, -0.05) is 0 Å². The minimum absolute atomic E-state index is 0.100. The molecule has 0 saturated carbocycles. The Bertz CT molecular complexity index is 469. The van der Waals surface area contributed by atoms with Gasteiger partial charge in [0.05, 0.1) is 12.6 Å². The second-order valence-corrected chi connectivity index (χ2v) is 4.38. The first-order chi connectivity index (χ1) is 9.45. The first-order valence-corrected chi connectivity index (χ1v) is 6.28. The molecule has 7 nitrogen and oxygen atoms in total. The predicted octanol–water partition coefficient (Wildman–Crippen LogP) is 0.527. The van der Waals surface area contributed by atoms with Gasteiger partial charge in [0.15, 0.2) is 0 Å². The molecule has 0 radical (unpaired) electrons. The predicted molar refractivity (Wildman–Crippen MR) is 71.6 cm³/mol. The van der Waals surface area contributed by atoms with Crippen molar-refractivity contribution in [2.75, 3.05) is 20.3 Å². The van der Waals surface area contributed by atoms with E-state index >= 15 is 0 Å². The number of carboxylic acids is 1. The van der Waals surface area contributed by atoms with Crippen molar-refractivity contribution < 1.29 is 23.8 Å². The van der Waals surface area contributed by atoms with E-state index in [1.54, 1.807) is 21.0 Å². The Morgan fingerprint density at radius 3 is 2.75 bits per heavy atom. The zero-order valence-corrected chi connectivity index (χ0v) is 11.9. The van der Waals surface area contributed by atoms with Crippen LogP contribution in [-0.4, -0.2) is 43.3 Å². The lowest BCUT2D eigenvalue weighted by molar-refractivity contribution is -0.123. The third kappa shape index (κ3) is 4.67. The Kier molecular flexibility index (Phi) is 6.20. The fourth-order valence-electron chi connectivity index (χ4n) is 1.59. The average Bonchev–Trinajstić information content (AvgIpc) is 2.77. The van der Waals surface area contributed by atoms with Crippen molar-refractivity contribution in [1.82, 2.24) is 10.6 Å². The van der Waals surface area contributed by atoms with Gasteiger partial charge in [0, 0.05) is 25.8 Å². The molecule has 1 unspecified atom stereocenters. The fourth-order valence-corrected chi connectivity index (χ4v) is 1.59. The molecular formula is C13H20N2O5. The standard InChI is InChI=1S/C13H20N2O5/c1-8(12(16)14-4-5-19-3)15-7-10-6-11(13(17)18)20-9(10)2/h6,8,15H,4-5,7H2,1-3H3,(H,14,16)(H,17,18). The fraction of sp³-hybridized carbons (Fsp3) is 0.538. The van der Waals surface area contributed by atoms with Crippen LogP contribution >= 0.6 is 0 Å². The summed E-state index contributed by atoms with van der Waals surface area (Å²) in [5.41, 5.74) is 0.721. The quantitative estimate of drug-likeness (QED) is 0.602. The van der Waals surface area contributed by atoms with Gasteiger partial charge in [0.2, 0.25) is 11.7 Å². The highest BCUT2D eigenvalue weighted by Gasteiger charge is 2.15. The second-order valence-electron chi connectivity index (χ2n) is 4.38. The van der Waals surface area contributed by atoms with Gasteiger partial charge in [0.1, 0.15) is 5.76 Å². The first kappa shape index (κ1) is 16.2. The van der Waals surface area contributed by atoms with E-state index in [2.05, 4.69) is 10.6 Å². The molecular weight excluding hydrogens is 264 g/mol. The molecule has 0 bridgehead atoms. The minimum atomic E-state index is -1.11. The first-order valence-electron chi connectivity index (χ1n) is 6.28. The Morgan fingerprint density at radius 1 is 1.50 bits per heavy atom. The second kappa shape index (κ2) is 7.66. The van der Waals surface area contributed by atoms with Crippen LogP contribution in [0.4, 0.5) is 0 Å². The van der Waals surface area contributed by atoms with Gasteiger partial charge in [-0.05, 0) is 19.9 Å². The molecule has 0 saturated heterocycles. The molecule has 1 aromatic heterocycles. The molecule has 1 aromatic rings. The largest absolute Gasteiger partial charge is 0.475 e. The Morgan fingerprint density at radius 2 is 2.20 bits per heavy atom. The summed E-state index contributed by atoms with van der Waals surface area (Å²) >= 11 is 0. The maximum atomic E-state index is 11.7. The monoisotopic (exact) mass is 284 g/mol. The zero-order valence-electron chi connectivity index (χ0n) is 11.9. The number of ether oxygens (including phenoxy) is 1. The lowest BCUT2D eigenvalue weighted by Gasteiger charge is -2.13. The molecule has 1 heterocycles. The summed E-state index contributed by atoms with van der Waals surface area (Å²) < 4.78 is 9.93. The van der Waals surface area contributed by atoms with Crippen LogP contribution in [0.2, 0.25) is 0 Å². The summed E-state index contributed by atoms with van der Waals surface area (Å²) in [6, 6.07) is 1.06. The van der Waals surface area contributed by atoms with Gasteiger partial charge in [0.25, 0.3) is 0 Å². The molecule has 0 fully saturated rings. The molecule has 3 N–H and O–H groups in total. The van der Waals surface area contributed by atoms with Crippen LogP contribution in [0.25, 0.3) is 0 Å². The van der Waals surface area contributed by atoms with Crippen LogP contribution in [0.5, 0.6) is 0 Å². The van der Waals surface area contributed by atoms with Gasteiger partial charge in [-0.15, -0.1) is 0 Å². The molecule has 7 heteroatoms. The summed E-state index contributed by atoms with van der Waals surface area (Å²) in [6.45, 7) is 4.69. The van der Waals surface area contributed by atoms with Crippen LogP contribution < -0.4 is 10.6 Å². The van der Waals surface area contributed by atoms with Crippen LogP contribution in [0.3, 0.4) is 0 Å². The maximum Gasteiger partial charge on any atom is 0.371 e. The topological polar surface area (TPSA) is 101 Å². The van der Waals surface area contributed by atoms with Crippen molar-refractivity contribution in [2.45, 2.75) is 26.4 Å². The number of aromatic carboxylic acids is 1. The maximum absolute atomic E-state index is 11.7. The number of aryl methyl sites for hydroxylation is 1. The summed E-state index contributed by atoms with van der Waals surface area (Å²) in [4.78, 5) is 22.5. The number of carbonyl (C=O) groups excluding carboxylic acids is 1. The van der Waals surface area contributed by atoms with Gasteiger partial charge < -0.3 is 24.9 Å². The van der Waals surface area contributed by atoms with Crippen molar-refractivity contribution >= 4 is 11.9 Å². The van der Waals surface area contributed by atoms with Gasteiger partial charge in [-0.2, -0.15) is 0 Å². The number of rotatable bonds is 8. The van der Waals surface area contributed by atoms with E-state index in [9.17, 15) is 9.59 Å². The molecule has 112 valence electrons. The number of furan rings is 1. The van der Waals surface area contributed by atoms with Crippen molar-refractivity contribution in [2.24, 2.45) is 0 Å². The molecule has 1 rings (SSSR count). The van der Waals surface area contributed by atoms with Crippen LogP contribution in [0.1, 0.15) is 28.8 Å². The SMILES string of the molecule is COCCNC(=O)C(C)NCc1cc(C(=O)O)oc1C. The van der Waals surface area contributed by atoms with Gasteiger partial charge >= 0.3 is 5.97 Å². The molecule has 20 heavy (non-hydrogen) atoms. The molecule has 0 aliphatic heterocycles. The number of carboxylic acid groups (broad SMARTS) is 1. The molecule has 1 amide bonds. The lowest BCUT2D eigenvalue weighted by Crippen LogP contribution is -2.42. The van der Waals surface area contributed by atoms with Crippen LogP contribution in [0, 0.1) is 6.92 Å². The van der Waals surface area contributed by atoms with E-state index < -0.39 is 12.0 Å². The lowest BCUT2D eigenvalue weighted by atomic mass is 10.2. The van der Waals surface area contributed by atoms with E-state index in [-0.39, 0.29) is 11.7 Å². The van der Waals surface area contributed by atoms with Crippen molar-refractivity contribution in [3.63, 3.8) is 0 Å². The number of hydrogen-bond donors (Lipinski definition) is 3. The summed E-state index contributed by atoms with van der Waals surface area (Å²) in [5.74, 6) is -0.815. The van der Waals surface area contributed by atoms with E-state index in [1.165, 1.54) is 6.07 Å².